The molecule has 1 aromatic rings. The van der Waals surface area contributed by atoms with Crippen LogP contribution in [0.2, 0.25) is 0 Å². The van der Waals surface area contributed by atoms with Gasteiger partial charge in [0.2, 0.25) is 5.57 Å². The third-order valence-electron chi connectivity index (χ3n) is 2.39. The van der Waals surface area contributed by atoms with Crippen molar-refractivity contribution in [1.82, 2.24) is 5.32 Å². The van der Waals surface area contributed by atoms with Crippen LogP contribution >= 0.6 is 0 Å². The van der Waals surface area contributed by atoms with E-state index in [-0.39, 0.29) is 0 Å². The van der Waals surface area contributed by atoms with Crippen molar-refractivity contribution in [2.75, 3.05) is 0 Å². The number of benzene rings is 1. The summed E-state index contributed by atoms with van der Waals surface area (Å²) in [7, 11) is 0. The van der Waals surface area contributed by atoms with Gasteiger partial charge < -0.3 is 5.32 Å². The largest absolute Gasteiger partial charge is 0.329 e. The molecule has 1 aliphatic rings. The fourth-order valence-electron chi connectivity index (χ4n) is 1.56. The molecule has 15 heavy (non-hydrogen) atoms. The molecule has 0 radical (unpaired) electrons. The molecule has 0 atom stereocenters. The van der Waals surface area contributed by atoms with Gasteiger partial charge in [-0.2, -0.15) is 0 Å². The third kappa shape index (κ3) is 2.55. The SMILES string of the molecule is [CH+]=C1C=CCC=C1NCc1ccccc1. The van der Waals surface area contributed by atoms with E-state index in [0.717, 1.165) is 24.2 Å². The molecule has 1 aromatic carbocycles. The number of hydrogen-bond donors (Lipinski definition) is 1. The Labute approximate surface area is 90.8 Å². The summed E-state index contributed by atoms with van der Waals surface area (Å²) >= 11 is 0. The number of nitrogens with one attached hydrogen (secondary N) is 1. The van der Waals surface area contributed by atoms with Crippen molar-refractivity contribution in [2.45, 2.75) is 13.0 Å². The van der Waals surface area contributed by atoms with E-state index in [2.05, 4.69) is 29.6 Å². The van der Waals surface area contributed by atoms with Gasteiger partial charge in [-0.1, -0.05) is 30.3 Å². The highest BCUT2D eigenvalue weighted by atomic mass is 14.9. The minimum atomic E-state index is 0.817. The molecule has 0 bridgehead atoms. The van der Waals surface area contributed by atoms with Gasteiger partial charge in [-0.25, -0.2) is 0 Å². The van der Waals surface area contributed by atoms with Crippen molar-refractivity contribution in [3.8, 4) is 0 Å². The van der Waals surface area contributed by atoms with Crippen LogP contribution in [0.1, 0.15) is 12.0 Å². The molecule has 0 saturated heterocycles. The molecule has 1 N–H and O–H groups in total. The standard InChI is InChI=1S/C14H14N/c1-12-7-5-6-10-14(12)15-11-13-8-3-2-4-9-13/h1-5,7-10,15H,6,11H2/q+1. The van der Waals surface area contributed by atoms with Crippen molar-refractivity contribution < 1.29 is 0 Å². The van der Waals surface area contributed by atoms with Gasteiger partial charge in [0.15, 0.2) is 0 Å². The maximum absolute atomic E-state index is 5.84. The highest BCUT2D eigenvalue weighted by Crippen LogP contribution is 2.13. The monoisotopic (exact) mass is 196 g/mol. The Hall–Kier alpha value is -1.85. The molecular formula is C14H14N+. The molecule has 0 spiro atoms. The van der Waals surface area contributed by atoms with Crippen LogP contribution in [-0.4, -0.2) is 0 Å². The van der Waals surface area contributed by atoms with Gasteiger partial charge in [-0.3, -0.25) is 0 Å². The number of hydrogen-bond acceptors (Lipinski definition) is 1. The van der Waals surface area contributed by atoms with Crippen molar-refractivity contribution in [3.05, 3.63) is 72.0 Å². The van der Waals surface area contributed by atoms with Crippen molar-refractivity contribution in [2.24, 2.45) is 0 Å². The summed E-state index contributed by atoms with van der Waals surface area (Å²) in [6, 6.07) is 10.3. The molecule has 0 unspecified atom stereocenters. The maximum Gasteiger partial charge on any atom is 0.203 e. The lowest BCUT2D eigenvalue weighted by Crippen LogP contribution is -2.14. The summed E-state index contributed by atoms with van der Waals surface area (Å²) in [4.78, 5) is 0. The van der Waals surface area contributed by atoms with Crippen LogP contribution in [0.25, 0.3) is 0 Å². The molecule has 0 fully saturated rings. The van der Waals surface area contributed by atoms with Gasteiger partial charge in [0, 0.05) is 19.1 Å². The molecule has 1 aliphatic carbocycles. The smallest absolute Gasteiger partial charge is 0.203 e. The summed E-state index contributed by atoms with van der Waals surface area (Å²) in [6.45, 7) is 6.66. The first-order valence-electron chi connectivity index (χ1n) is 5.13. The number of rotatable bonds is 3. The van der Waals surface area contributed by atoms with Gasteiger partial charge in [0.1, 0.15) is 5.70 Å². The highest BCUT2D eigenvalue weighted by Gasteiger charge is 2.12. The second kappa shape index (κ2) is 4.59. The Bertz CT molecular complexity index is 399. The second-order valence-electron chi connectivity index (χ2n) is 3.55. The maximum atomic E-state index is 5.84. The zero-order chi connectivity index (χ0) is 10.5. The summed E-state index contributed by atoms with van der Waals surface area (Å²) < 4.78 is 0. The fourth-order valence-corrected chi connectivity index (χ4v) is 1.56. The molecular weight excluding hydrogens is 182 g/mol. The third-order valence-corrected chi connectivity index (χ3v) is 2.39. The molecule has 1 heteroatoms. The second-order valence-corrected chi connectivity index (χ2v) is 3.55. The molecule has 0 heterocycles. The average molecular weight is 196 g/mol. The van der Waals surface area contributed by atoms with Crippen molar-refractivity contribution in [1.29, 1.82) is 0 Å². The molecule has 2 rings (SSSR count). The van der Waals surface area contributed by atoms with Crippen LogP contribution in [0.5, 0.6) is 0 Å². The lowest BCUT2D eigenvalue weighted by molar-refractivity contribution is 0.817. The predicted molar refractivity (Wildman–Crippen MR) is 62.9 cm³/mol. The van der Waals surface area contributed by atoms with E-state index >= 15 is 0 Å². The normalized spacial score (nSPS) is 14.9. The fraction of sp³-hybridized carbons (Fsp3) is 0.143. The van der Waals surface area contributed by atoms with E-state index in [1.54, 1.807) is 0 Å². The molecule has 74 valence electrons. The Kier molecular flexibility index (Phi) is 2.96. The number of allylic oxidation sites excluding steroid dienone is 3. The van der Waals surface area contributed by atoms with Crippen LogP contribution < -0.4 is 5.32 Å². The summed E-state index contributed by atoms with van der Waals surface area (Å²) in [6.07, 6.45) is 7.08. The van der Waals surface area contributed by atoms with E-state index in [1.165, 1.54) is 5.56 Å². The van der Waals surface area contributed by atoms with Gasteiger partial charge in [0.25, 0.3) is 0 Å². The van der Waals surface area contributed by atoms with Crippen molar-refractivity contribution in [3.63, 3.8) is 0 Å². The van der Waals surface area contributed by atoms with E-state index in [0.29, 0.717) is 0 Å². The quantitative estimate of drug-likeness (QED) is 0.733. The summed E-state index contributed by atoms with van der Waals surface area (Å²) in [5, 5.41) is 3.34. The highest BCUT2D eigenvalue weighted by molar-refractivity contribution is 5.38. The first kappa shape index (κ1) is 9.70. The Morgan fingerprint density at radius 2 is 2.00 bits per heavy atom. The van der Waals surface area contributed by atoms with Gasteiger partial charge in [0.05, 0.1) is 12.6 Å². The lowest BCUT2D eigenvalue weighted by atomic mass is 10.1. The lowest BCUT2D eigenvalue weighted by Gasteiger charge is -2.06. The van der Waals surface area contributed by atoms with E-state index < -0.39 is 0 Å². The van der Waals surface area contributed by atoms with Crippen LogP contribution in [0.4, 0.5) is 0 Å². The van der Waals surface area contributed by atoms with Crippen LogP contribution in [-0.2, 0) is 6.54 Å². The van der Waals surface area contributed by atoms with E-state index in [9.17, 15) is 0 Å². The zero-order valence-electron chi connectivity index (χ0n) is 8.61. The van der Waals surface area contributed by atoms with Crippen molar-refractivity contribution >= 4 is 0 Å². The Balaban J connectivity index is 1.94. The zero-order valence-corrected chi connectivity index (χ0v) is 8.61. The van der Waals surface area contributed by atoms with Gasteiger partial charge >= 0.3 is 0 Å². The molecule has 0 aliphatic heterocycles. The predicted octanol–water partition coefficient (Wildman–Crippen LogP) is 2.98. The van der Waals surface area contributed by atoms with Crippen LogP contribution in [0, 0.1) is 6.58 Å². The van der Waals surface area contributed by atoms with Gasteiger partial charge in [-0.15, -0.1) is 0 Å². The topological polar surface area (TPSA) is 12.0 Å². The minimum absolute atomic E-state index is 0.817. The first-order chi connectivity index (χ1) is 7.36. The first-order valence-corrected chi connectivity index (χ1v) is 5.13. The van der Waals surface area contributed by atoms with Gasteiger partial charge in [-0.05, 0) is 11.6 Å². The molecule has 1 nitrogen and oxygen atoms in total. The average Bonchev–Trinajstić information content (AvgIpc) is 2.29. The van der Waals surface area contributed by atoms with Crippen LogP contribution in [0.3, 0.4) is 0 Å². The summed E-state index contributed by atoms with van der Waals surface area (Å²) in [5.41, 5.74) is 3.12. The Morgan fingerprint density at radius 1 is 1.20 bits per heavy atom. The van der Waals surface area contributed by atoms with E-state index in [1.807, 2.05) is 24.3 Å². The van der Waals surface area contributed by atoms with Crippen LogP contribution in [0.15, 0.2) is 59.8 Å². The minimum Gasteiger partial charge on any atom is -0.329 e. The summed E-state index contributed by atoms with van der Waals surface area (Å²) in [5.74, 6) is 0. The molecule has 0 aromatic heterocycles. The molecule has 0 amide bonds. The molecule has 0 saturated carbocycles. The van der Waals surface area contributed by atoms with E-state index in [4.69, 9.17) is 6.58 Å². The Morgan fingerprint density at radius 3 is 2.73 bits per heavy atom.